The van der Waals surface area contributed by atoms with E-state index in [0.717, 1.165) is 51.5 Å². The number of piperidine rings is 1. The van der Waals surface area contributed by atoms with E-state index < -0.39 is 6.04 Å². The Bertz CT molecular complexity index is 403. The summed E-state index contributed by atoms with van der Waals surface area (Å²) in [7, 11) is 0. The van der Waals surface area contributed by atoms with E-state index in [2.05, 4.69) is 18.7 Å². The molecule has 2 unspecified atom stereocenters. The van der Waals surface area contributed by atoms with E-state index >= 15 is 0 Å². The molecular formula is C19H37N3O2. The maximum Gasteiger partial charge on any atom is 0.240 e. The zero-order chi connectivity index (χ0) is 17.9. The van der Waals surface area contributed by atoms with Gasteiger partial charge in [-0.25, -0.2) is 0 Å². The van der Waals surface area contributed by atoms with Crippen molar-refractivity contribution in [3.05, 3.63) is 0 Å². The van der Waals surface area contributed by atoms with Crippen LogP contribution >= 0.6 is 0 Å². The lowest BCUT2D eigenvalue weighted by Gasteiger charge is -2.38. The van der Waals surface area contributed by atoms with Crippen LogP contribution in [0.1, 0.15) is 53.9 Å². The van der Waals surface area contributed by atoms with Crippen molar-refractivity contribution in [1.29, 1.82) is 0 Å². The monoisotopic (exact) mass is 339 g/mol. The van der Waals surface area contributed by atoms with Crippen molar-refractivity contribution >= 4 is 5.91 Å². The van der Waals surface area contributed by atoms with Gasteiger partial charge in [-0.15, -0.1) is 0 Å². The summed E-state index contributed by atoms with van der Waals surface area (Å²) in [5, 5.41) is 0. The van der Waals surface area contributed by atoms with Crippen LogP contribution in [0.4, 0.5) is 0 Å². The Kier molecular flexibility index (Phi) is 6.68. The van der Waals surface area contributed by atoms with Crippen LogP contribution in [0.3, 0.4) is 0 Å². The molecule has 0 aromatic carbocycles. The first kappa shape index (κ1) is 19.7. The van der Waals surface area contributed by atoms with Crippen LogP contribution in [0.2, 0.25) is 0 Å². The van der Waals surface area contributed by atoms with Crippen LogP contribution in [-0.2, 0) is 9.53 Å². The number of rotatable bonds is 4. The second-order valence-electron chi connectivity index (χ2n) is 8.92. The predicted molar refractivity (Wildman–Crippen MR) is 97.8 cm³/mol. The molecule has 2 aliphatic heterocycles. The van der Waals surface area contributed by atoms with Crippen molar-refractivity contribution in [2.45, 2.75) is 72.1 Å². The second kappa shape index (κ2) is 8.15. The summed E-state index contributed by atoms with van der Waals surface area (Å²) in [6.07, 6.45) is 4.13. The summed E-state index contributed by atoms with van der Waals surface area (Å²) >= 11 is 0. The quantitative estimate of drug-likeness (QED) is 0.852. The Morgan fingerprint density at radius 2 is 1.71 bits per heavy atom. The Morgan fingerprint density at radius 1 is 1.17 bits per heavy atom. The fourth-order valence-corrected chi connectivity index (χ4v) is 3.84. The maximum absolute atomic E-state index is 12.5. The highest BCUT2D eigenvalue weighted by atomic mass is 16.5. The Morgan fingerprint density at radius 3 is 2.21 bits per heavy atom. The Labute approximate surface area is 147 Å². The molecule has 5 nitrogen and oxygen atoms in total. The SMILES string of the molecule is CC1CN(CCC2CCN(C(=O)[C@@H](N)C(C)(C)C)CC2)CC(C)O1. The normalized spacial score (nSPS) is 28.8. The molecular weight excluding hydrogens is 302 g/mol. The summed E-state index contributed by atoms with van der Waals surface area (Å²) < 4.78 is 5.80. The molecule has 2 aliphatic rings. The van der Waals surface area contributed by atoms with Gasteiger partial charge in [-0.1, -0.05) is 20.8 Å². The number of nitrogens with zero attached hydrogens (tertiary/aromatic N) is 2. The Hall–Kier alpha value is -0.650. The zero-order valence-electron chi connectivity index (χ0n) is 16.3. The molecule has 0 aromatic heterocycles. The number of hydrogen-bond acceptors (Lipinski definition) is 4. The third kappa shape index (κ3) is 5.43. The topological polar surface area (TPSA) is 58.8 Å². The van der Waals surface area contributed by atoms with Gasteiger partial charge in [-0.2, -0.15) is 0 Å². The van der Waals surface area contributed by atoms with Gasteiger partial charge in [-0.05, 0) is 51.0 Å². The molecule has 2 saturated heterocycles. The van der Waals surface area contributed by atoms with Gasteiger partial charge >= 0.3 is 0 Å². The highest BCUT2D eigenvalue weighted by Crippen LogP contribution is 2.25. The summed E-state index contributed by atoms with van der Waals surface area (Å²) in [6, 6.07) is -0.398. The first-order valence-corrected chi connectivity index (χ1v) is 9.59. The van der Waals surface area contributed by atoms with E-state index in [1.165, 1.54) is 6.42 Å². The van der Waals surface area contributed by atoms with Crippen LogP contribution in [0, 0.1) is 11.3 Å². The lowest BCUT2D eigenvalue weighted by Crippen LogP contribution is -2.52. The number of carbonyl (C=O) groups is 1. The lowest BCUT2D eigenvalue weighted by molar-refractivity contribution is -0.136. The van der Waals surface area contributed by atoms with Crippen molar-refractivity contribution in [2.24, 2.45) is 17.1 Å². The van der Waals surface area contributed by atoms with Crippen molar-refractivity contribution in [3.8, 4) is 0 Å². The number of nitrogens with two attached hydrogens (primary N) is 1. The molecule has 24 heavy (non-hydrogen) atoms. The standard InChI is InChI=1S/C19H37N3O2/c1-14-12-21(13-15(2)24-14)9-6-16-7-10-22(11-8-16)18(23)17(20)19(3,4)5/h14-17H,6-13,20H2,1-5H3/t14?,15?,17-/m1/s1. The van der Waals surface area contributed by atoms with Gasteiger partial charge in [0.25, 0.3) is 0 Å². The smallest absolute Gasteiger partial charge is 0.240 e. The molecule has 0 saturated carbocycles. The molecule has 0 aromatic rings. The number of carbonyl (C=O) groups excluding carboxylic acids is 1. The largest absolute Gasteiger partial charge is 0.373 e. The Balaban J connectivity index is 1.72. The van der Waals surface area contributed by atoms with Crippen LogP contribution < -0.4 is 5.73 Å². The van der Waals surface area contributed by atoms with Crippen LogP contribution in [0.15, 0.2) is 0 Å². The van der Waals surface area contributed by atoms with Gasteiger partial charge in [-0.3, -0.25) is 9.69 Å². The number of amides is 1. The summed E-state index contributed by atoms with van der Waals surface area (Å²) in [6.45, 7) is 15.4. The summed E-state index contributed by atoms with van der Waals surface area (Å²) in [5.74, 6) is 0.852. The lowest BCUT2D eigenvalue weighted by atomic mass is 9.85. The second-order valence-corrected chi connectivity index (χ2v) is 8.92. The molecule has 0 bridgehead atoms. The number of hydrogen-bond donors (Lipinski definition) is 1. The molecule has 2 fully saturated rings. The minimum absolute atomic E-state index is 0.122. The highest BCUT2D eigenvalue weighted by Gasteiger charge is 2.33. The van der Waals surface area contributed by atoms with E-state index in [9.17, 15) is 4.79 Å². The van der Waals surface area contributed by atoms with Gasteiger partial charge in [0.15, 0.2) is 0 Å². The fourth-order valence-electron chi connectivity index (χ4n) is 3.84. The summed E-state index contributed by atoms with van der Waals surface area (Å²) in [4.78, 5) is 17.0. The average Bonchev–Trinajstić information content (AvgIpc) is 2.50. The third-order valence-corrected chi connectivity index (χ3v) is 5.47. The molecule has 2 rings (SSSR count). The van der Waals surface area contributed by atoms with E-state index in [-0.39, 0.29) is 11.3 Å². The van der Waals surface area contributed by atoms with Crippen LogP contribution in [0.5, 0.6) is 0 Å². The van der Waals surface area contributed by atoms with Crippen molar-refractivity contribution in [3.63, 3.8) is 0 Å². The molecule has 0 spiro atoms. The number of morpholine rings is 1. The van der Waals surface area contributed by atoms with E-state index in [0.29, 0.717) is 12.2 Å². The first-order chi connectivity index (χ1) is 11.2. The van der Waals surface area contributed by atoms with Gasteiger partial charge < -0.3 is 15.4 Å². The van der Waals surface area contributed by atoms with Crippen molar-refractivity contribution in [1.82, 2.24) is 9.80 Å². The van der Waals surface area contributed by atoms with Gasteiger partial charge in [0, 0.05) is 26.2 Å². The minimum Gasteiger partial charge on any atom is -0.373 e. The van der Waals surface area contributed by atoms with E-state index in [4.69, 9.17) is 10.5 Å². The minimum atomic E-state index is -0.398. The first-order valence-electron chi connectivity index (χ1n) is 9.59. The predicted octanol–water partition coefficient (Wildman–Crippen LogP) is 2.10. The number of ether oxygens (including phenoxy) is 1. The van der Waals surface area contributed by atoms with E-state index in [1.807, 2.05) is 25.7 Å². The van der Waals surface area contributed by atoms with Crippen molar-refractivity contribution in [2.75, 3.05) is 32.7 Å². The molecule has 2 heterocycles. The van der Waals surface area contributed by atoms with Crippen molar-refractivity contribution < 1.29 is 9.53 Å². The van der Waals surface area contributed by atoms with Crippen LogP contribution in [0.25, 0.3) is 0 Å². The number of likely N-dealkylation sites (tertiary alicyclic amines) is 1. The van der Waals surface area contributed by atoms with E-state index in [1.54, 1.807) is 0 Å². The molecule has 5 heteroatoms. The zero-order valence-corrected chi connectivity index (χ0v) is 16.3. The third-order valence-electron chi connectivity index (χ3n) is 5.47. The highest BCUT2D eigenvalue weighted by molar-refractivity contribution is 5.82. The van der Waals surface area contributed by atoms with Crippen LogP contribution in [-0.4, -0.2) is 66.7 Å². The van der Waals surface area contributed by atoms with Gasteiger partial charge in [0.1, 0.15) is 0 Å². The molecule has 1 amide bonds. The molecule has 3 atom stereocenters. The molecule has 0 aliphatic carbocycles. The van der Waals surface area contributed by atoms with Gasteiger partial charge in [0.05, 0.1) is 18.2 Å². The molecule has 140 valence electrons. The molecule has 0 radical (unpaired) electrons. The molecule has 2 N–H and O–H groups in total. The average molecular weight is 340 g/mol. The fraction of sp³-hybridized carbons (Fsp3) is 0.947. The summed E-state index contributed by atoms with van der Waals surface area (Å²) in [5.41, 5.74) is 5.96. The van der Waals surface area contributed by atoms with Gasteiger partial charge in [0.2, 0.25) is 5.91 Å². The maximum atomic E-state index is 12.5.